The maximum Gasteiger partial charge on any atom is 0.222 e. The number of nitrogens with one attached hydrogen (secondary N) is 1. The van der Waals surface area contributed by atoms with Gasteiger partial charge in [-0.15, -0.1) is 0 Å². The van der Waals surface area contributed by atoms with E-state index in [4.69, 9.17) is 9.78 Å². The van der Waals surface area contributed by atoms with Crippen LogP contribution >= 0.6 is 23.0 Å². The molecule has 0 rings (SSSR count). The quantitative estimate of drug-likeness (QED) is 0.130. The Morgan fingerprint density at radius 1 is 1.50 bits per heavy atom. The van der Waals surface area contributed by atoms with Gasteiger partial charge in [0.25, 0.3) is 0 Å². The lowest BCUT2D eigenvalue weighted by molar-refractivity contribution is -0.328. The highest BCUT2D eigenvalue weighted by Crippen LogP contribution is 2.04. The molecule has 1 atom stereocenters. The SMILES string of the molecule is CN=C(/C=C\N(C=O)CC[C@@H](COOI)OOC)NC(C)=O. The van der Waals surface area contributed by atoms with E-state index >= 15 is 0 Å². The Bertz CT molecular complexity index is 391. The summed E-state index contributed by atoms with van der Waals surface area (Å²) in [6.07, 6.45) is 3.73. The average Bonchev–Trinajstić information content (AvgIpc) is 2.50. The van der Waals surface area contributed by atoms with Gasteiger partial charge < -0.3 is 10.2 Å². The standard InChI is InChI=1S/C12H20IN3O6/c1-10(18)15-12(14-2)5-7-16(9-17)6-4-11(21-19-3)8-20-22-13/h5,7,9,11H,4,6,8H2,1-3H3,(H,14,15,18)/b7-5-/t11-/m0/s1. The van der Waals surface area contributed by atoms with E-state index in [1.807, 2.05) is 0 Å². The van der Waals surface area contributed by atoms with Crippen molar-refractivity contribution in [2.75, 3.05) is 27.3 Å². The van der Waals surface area contributed by atoms with Gasteiger partial charge in [0, 0.05) is 26.7 Å². The van der Waals surface area contributed by atoms with Crippen molar-refractivity contribution >= 4 is 41.2 Å². The summed E-state index contributed by atoms with van der Waals surface area (Å²) in [7, 11) is 2.91. The molecule has 126 valence electrons. The van der Waals surface area contributed by atoms with Gasteiger partial charge in [-0.3, -0.25) is 14.6 Å². The van der Waals surface area contributed by atoms with Gasteiger partial charge in [-0.2, -0.15) is 3.22 Å². The predicted octanol–water partition coefficient (Wildman–Crippen LogP) is 0.758. The van der Waals surface area contributed by atoms with Crippen LogP contribution in [0.25, 0.3) is 0 Å². The highest BCUT2D eigenvalue weighted by molar-refractivity contribution is 14.1. The van der Waals surface area contributed by atoms with E-state index in [0.29, 0.717) is 25.2 Å². The first-order valence-corrected chi connectivity index (χ1v) is 7.18. The molecule has 10 heteroatoms. The average molecular weight is 429 g/mol. The molecule has 0 aliphatic carbocycles. The minimum Gasteiger partial charge on any atom is -0.321 e. The second-order valence-electron chi connectivity index (χ2n) is 3.97. The van der Waals surface area contributed by atoms with Crippen molar-refractivity contribution in [2.24, 2.45) is 4.99 Å². The molecule has 0 aromatic rings. The van der Waals surface area contributed by atoms with Crippen LogP contribution in [0.2, 0.25) is 0 Å². The Kier molecular flexibility index (Phi) is 12.9. The Labute approximate surface area is 143 Å². The summed E-state index contributed by atoms with van der Waals surface area (Å²) in [6, 6.07) is 0. The van der Waals surface area contributed by atoms with Crippen molar-refractivity contribution in [1.29, 1.82) is 0 Å². The van der Waals surface area contributed by atoms with E-state index in [1.165, 1.54) is 38.3 Å². The molecule has 0 heterocycles. The van der Waals surface area contributed by atoms with E-state index in [0.717, 1.165) is 0 Å². The third-order valence-corrected chi connectivity index (χ3v) is 2.60. The smallest absolute Gasteiger partial charge is 0.222 e. The largest absolute Gasteiger partial charge is 0.321 e. The van der Waals surface area contributed by atoms with Crippen LogP contribution < -0.4 is 5.32 Å². The molecule has 0 saturated heterocycles. The van der Waals surface area contributed by atoms with Gasteiger partial charge in [0.05, 0.1) is 7.11 Å². The summed E-state index contributed by atoms with van der Waals surface area (Å²) in [4.78, 5) is 41.6. The fourth-order valence-corrected chi connectivity index (χ4v) is 1.52. The number of carbonyl (C=O) groups is 2. The van der Waals surface area contributed by atoms with E-state index in [9.17, 15) is 9.59 Å². The van der Waals surface area contributed by atoms with E-state index < -0.39 is 6.10 Å². The molecule has 0 spiro atoms. The lowest BCUT2D eigenvalue weighted by Gasteiger charge is -2.17. The maximum atomic E-state index is 11.0. The number of amides is 2. The van der Waals surface area contributed by atoms with Crippen LogP contribution in [0.1, 0.15) is 13.3 Å². The molecule has 0 radical (unpaired) electrons. The van der Waals surface area contributed by atoms with Crippen molar-refractivity contribution in [3.8, 4) is 0 Å². The van der Waals surface area contributed by atoms with Crippen LogP contribution in [0.15, 0.2) is 17.3 Å². The second-order valence-corrected chi connectivity index (χ2v) is 4.33. The molecule has 1 N–H and O–H groups in total. The number of hydrogen-bond donors (Lipinski definition) is 1. The van der Waals surface area contributed by atoms with E-state index in [1.54, 1.807) is 23.0 Å². The van der Waals surface area contributed by atoms with E-state index in [-0.39, 0.29) is 12.5 Å². The first kappa shape index (κ1) is 20.9. The molecular formula is C12H20IN3O6. The number of rotatable bonds is 11. The zero-order valence-corrected chi connectivity index (χ0v) is 14.8. The van der Waals surface area contributed by atoms with Crippen LogP contribution in [-0.4, -0.2) is 56.5 Å². The summed E-state index contributed by atoms with van der Waals surface area (Å²) in [5.41, 5.74) is 0. The summed E-state index contributed by atoms with van der Waals surface area (Å²) >= 11 is 1.59. The highest BCUT2D eigenvalue weighted by Gasteiger charge is 2.12. The van der Waals surface area contributed by atoms with Gasteiger partial charge in [0.1, 0.15) is 18.5 Å². The van der Waals surface area contributed by atoms with Crippen molar-refractivity contribution in [3.05, 3.63) is 12.3 Å². The number of aliphatic imine (C=N–C) groups is 1. The molecule has 0 fully saturated rings. The van der Waals surface area contributed by atoms with Gasteiger partial charge in [-0.25, -0.2) is 14.7 Å². The highest BCUT2D eigenvalue weighted by atomic mass is 127. The van der Waals surface area contributed by atoms with Gasteiger partial charge in [-0.1, -0.05) is 0 Å². The summed E-state index contributed by atoms with van der Waals surface area (Å²) in [6.45, 7) is 1.88. The van der Waals surface area contributed by atoms with Gasteiger partial charge in [0.15, 0.2) is 23.0 Å². The molecule has 2 amide bonds. The van der Waals surface area contributed by atoms with Crippen LogP contribution in [-0.2, 0) is 27.5 Å². The van der Waals surface area contributed by atoms with Gasteiger partial charge >= 0.3 is 0 Å². The number of hydrogen-bond acceptors (Lipinski definition) is 7. The summed E-state index contributed by atoms with van der Waals surface area (Å²) in [5.74, 6) is 0.109. The van der Waals surface area contributed by atoms with Crippen LogP contribution in [0.4, 0.5) is 0 Å². The minimum absolute atomic E-state index is 0.154. The van der Waals surface area contributed by atoms with Crippen LogP contribution in [0.5, 0.6) is 0 Å². The van der Waals surface area contributed by atoms with Gasteiger partial charge in [0.2, 0.25) is 12.3 Å². The second kappa shape index (κ2) is 13.6. The number of nitrogens with zero attached hydrogens (tertiary/aromatic N) is 2. The van der Waals surface area contributed by atoms with Crippen molar-refractivity contribution in [1.82, 2.24) is 10.2 Å². The molecule has 0 aliphatic heterocycles. The molecular weight excluding hydrogens is 409 g/mol. The Hall–Kier alpha value is -1.08. The van der Waals surface area contributed by atoms with Crippen LogP contribution in [0.3, 0.4) is 0 Å². The lowest BCUT2D eigenvalue weighted by atomic mass is 10.2. The first-order chi connectivity index (χ1) is 10.6. The molecule has 0 bridgehead atoms. The van der Waals surface area contributed by atoms with Gasteiger partial charge in [-0.05, 0) is 12.5 Å². The van der Waals surface area contributed by atoms with E-state index in [2.05, 4.69) is 18.4 Å². The zero-order valence-electron chi connectivity index (χ0n) is 12.7. The normalized spacial score (nSPS) is 13.2. The number of amidine groups is 1. The molecule has 0 aromatic heterocycles. The molecule has 0 aromatic carbocycles. The fraction of sp³-hybridized carbons (Fsp3) is 0.583. The Morgan fingerprint density at radius 3 is 2.73 bits per heavy atom. The summed E-state index contributed by atoms with van der Waals surface area (Å²) in [5, 5.41) is 2.52. The van der Waals surface area contributed by atoms with Crippen molar-refractivity contribution < 1.29 is 27.5 Å². The number of carbonyl (C=O) groups excluding carboxylic acids is 2. The lowest BCUT2D eigenvalue weighted by Crippen LogP contribution is -2.28. The molecule has 9 nitrogen and oxygen atoms in total. The number of halogens is 1. The molecule has 0 aliphatic rings. The third-order valence-electron chi connectivity index (χ3n) is 2.34. The fourth-order valence-electron chi connectivity index (χ4n) is 1.37. The minimum atomic E-state index is -0.398. The molecule has 0 saturated carbocycles. The van der Waals surface area contributed by atoms with Crippen molar-refractivity contribution in [3.63, 3.8) is 0 Å². The summed E-state index contributed by atoms with van der Waals surface area (Å²) < 4.78 is 4.46. The topological polar surface area (TPSA) is 98.7 Å². The van der Waals surface area contributed by atoms with Crippen molar-refractivity contribution in [2.45, 2.75) is 19.4 Å². The third kappa shape index (κ3) is 10.6. The maximum absolute atomic E-state index is 11.0. The predicted molar refractivity (Wildman–Crippen MR) is 86.6 cm³/mol. The Balaban J connectivity index is 4.44. The Morgan fingerprint density at radius 2 is 2.23 bits per heavy atom. The zero-order chi connectivity index (χ0) is 16.8. The molecule has 22 heavy (non-hydrogen) atoms. The first-order valence-electron chi connectivity index (χ1n) is 6.30. The van der Waals surface area contributed by atoms with Crippen LogP contribution in [0, 0.1) is 0 Å². The molecule has 0 unspecified atom stereocenters. The monoisotopic (exact) mass is 429 g/mol.